The number of esters is 1. The van der Waals surface area contributed by atoms with Gasteiger partial charge in [0.05, 0.1) is 7.11 Å². The van der Waals surface area contributed by atoms with Gasteiger partial charge in [0.1, 0.15) is 0 Å². The zero-order valence-electron chi connectivity index (χ0n) is 8.12. The van der Waals surface area contributed by atoms with Crippen molar-refractivity contribution in [3.63, 3.8) is 0 Å². The normalized spacial score (nSPS) is 17.4. The van der Waals surface area contributed by atoms with Crippen molar-refractivity contribution in [2.75, 3.05) is 20.2 Å². The molecule has 0 atom stereocenters. The Morgan fingerprint density at radius 1 is 1.69 bits per heavy atom. The number of hydrogen-bond acceptors (Lipinski definition) is 3. The zero-order chi connectivity index (χ0) is 9.68. The highest BCUT2D eigenvalue weighted by Gasteiger charge is 2.04. The second kappa shape index (κ2) is 4.70. The second-order valence-corrected chi connectivity index (χ2v) is 3.13. The molecule has 0 bridgehead atoms. The van der Waals surface area contributed by atoms with E-state index in [9.17, 15) is 4.79 Å². The average molecular weight is 181 g/mol. The van der Waals surface area contributed by atoms with Crippen molar-refractivity contribution in [1.29, 1.82) is 0 Å². The molecule has 0 fully saturated rings. The molecule has 72 valence electrons. The number of hydrogen-bond donors (Lipinski definition) is 0. The van der Waals surface area contributed by atoms with E-state index in [2.05, 4.69) is 22.6 Å². The van der Waals surface area contributed by atoms with E-state index < -0.39 is 0 Å². The molecular weight excluding hydrogens is 166 g/mol. The summed E-state index contributed by atoms with van der Waals surface area (Å²) < 4.78 is 4.49. The Bertz CT molecular complexity index is 243. The minimum atomic E-state index is -0.300. The fourth-order valence-electron chi connectivity index (χ4n) is 1.16. The van der Waals surface area contributed by atoms with Crippen LogP contribution in [-0.4, -0.2) is 31.1 Å². The Morgan fingerprint density at radius 3 is 3.00 bits per heavy atom. The van der Waals surface area contributed by atoms with Gasteiger partial charge in [-0.25, -0.2) is 4.79 Å². The number of ether oxygens (including phenoxy) is 1. The van der Waals surface area contributed by atoms with Crippen molar-refractivity contribution in [3.8, 4) is 0 Å². The summed E-state index contributed by atoms with van der Waals surface area (Å²) in [7, 11) is 1.38. The molecule has 0 amide bonds. The smallest absolute Gasteiger partial charge is 0.331 e. The molecule has 1 aliphatic rings. The lowest BCUT2D eigenvalue weighted by Gasteiger charge is -2.23. The summed E-state index contributed by atoms with van der Waals surface area (Å²) in [5.41, 5.74) is 1.42. The van der Waals surface area contributed by atoms with Crippen LogP contribution < -0.4 is 0 Å². The fraction of sp³-hybridized carbons (Fsp3) is 0.500. The SMILES string of the molecule is COC(=O)/C=C/N1CC=C(C)CC1. The van der Waals surface area contributed by atoms with Gasteiger partial charge in [0.25, 0.3) is 0 Å². The van der Waals surface area contributed by atoms with Crippen LogP contribution in [0.5, 0.6) is 0 Å². The molecular formula is C10H15NO2. The summed E-state index contributed by atoms with van der Waals surface area (Å²) in [6.07, 6.45) is 6.49. The largest absolute Gasteiger partial charge is 0.466 e. The first-order valence-corrected chi connectivity index (χ1v) is 4.38. The standard InChI is InChI=1S/C10H15NO2/c1-9-3-6-11(7-4-9)8-5-10(12)13-2/h3,5,8H,4,6-7H2,1-2H3/b8-5+. The zero-order valence-corrected chi connectivity index (χ0v) is 8.12. The number of nitrogens with zero attached hydrogens (tertiary/aromatic N) is 1. The minimum Gasteiger partial charge on any atom is -0.466 e. The third kappa shape index (κ3) is 3.32. The molecule has 3 nitrogen and oxygen atoms in total. The predicted octanol–water partition coefficient (Wildman–Crippen LogP) is 1.33. The van der Waals surface area contributed by atoms with Gasteiger partial charge in [-0.05, 0) is 13.3 Å². The highest BCUT2D eigenvalue weighted by Crippen LogP contribution is 2.09. The first-order valence-electron chi connectivity index (χ1n) is 4.38. The van der Waals surface area contributed by atoms with E-state index in [1.54, 1.807) is 6.20 Å². The third-order valence-electron chi connectivity index (χ3n) is 2.09. The first-order chi connectivity index (χ1) is 6.22. The van der Waals surface area contributed by atoms with Crippen molar-refractivity contribution in [3.05, 3.63) is 23.9 Å². The molecule has 0 aromatic rings. The van der Waals surface area contributed by atoms with Gasteiger partial charge in [-0.1, -0.05) is 11.6 Å². The molecule has 0 unspecified atom stereocenters. The van der Waals surface area contributed by atoms with Crippen molar-refractivity contribution >= 4 is 5.97 Å². The number of carbonyl (C=O) groups is 1. The molecule has 0 spiro atoms. The van der Waals surface area contributed by atoms with Crippen LogP contribution in [0, 0.1) is 0 Å². The molecule has 3 heteroatoms. The van der Waals surface area contributed by atoms with Gasteiger partial charge in [0.15, 0.2) is 0 Å². The Morgan fingerprint density at radius 2 is 2.46 bits per heavy atom. The van der Waals surface area contributed by atoms with Gasteiger partial charge in [0, 0.05) is 25.4 Å². The van der Waals surface area contributed by atoms with Crippen LogP contribution in [0.1, 0.15) is 13.3 Å². The molecule has 1 heterocycles. The molecule has 0 saturated carbocycles. The van der Waals surface area contributed by atoms with E-state index in [-0.39, 0.29) is 5.97 Å². The maximum absolute atomic E-state index is 10.8. The Balaban J connectivity index is 2.39. The summed E-state index contributed by atoms with van der Waals surface area (Å²) in [5, 5.41) is 0. The Labute approximate surface area is 78.7 Å². The topological polar surface area (TPSA) is 29.5 Å². The summed E-state index contributed by atoms with van der Waals surface area (Å²) in [6, 6.07) is 0. The lowest BCUT2D eigenvalue weighted by atomic mass is 10.1. The number of methoxy groups -OCH3 is 1. The molecule has 13 heavy (non-hydrogen) atoms. The maximum Gasteiger partial charge on any atom is 0.331 e. The maximum atomic E-state index is 10.8. The van der Waals surface area contributed by atoms with Crippen molar-refractivity contribution < 1.29 is 9.53 Å². The van der Waals surface area contributed by atoms with E-state index in [4.69, 9.17) is 0 Å². The van der Waals surface area contributed by atoms with Crippen LogP contribution in [0.25, 0.3) is 0 Å². The van der Waals surface area contributed by atoms with Crippen LogP contribution in [0.2, 0.25) is 0 Å². The average Bonchev–Trinajstić information content (AvgIpc) is 2.16. The van der Waals surface area contributed by atoms with Crippen LogP contribution in [-0.2, 0) is 9.53 Å². The van der Waals surface area contributed by atoms with E-state index in [0.717, 1.165) is 19.5 Å². The fourth-order valence-corrected chi connectivity index (χ4v) is 1.16. The lowest BCUT2D eigenvalue weighted by molar-refractivity contribution is -0.134. The van der Waals surface area contributed by atoms with E-state index in [1.807, 2.05) is 0 Å². The Hall–Kier alpha value is -1.25. The van der Waals surface area contributed by atoms with E-state index in [0.29, 0.717) is 0 Å². The molecule has 0 aromatic heterocycles. The summed E-state index contributed by atoms with van der Waals surface area (Å²) in [5.74, 6) is -0.300. The molecule has 0 aliphatic carbocycles. The highest BCUT2D eigenvalue weighted by atomic mass is 16.5. The molecule has 1 rings (SSSR count). The van der Waals surface area contributed by atoms with E-state index in [1.165, 1.54) is 18.8 Å². The van der Waals surface area contributed by atoms with Crippen LogP contribution in [0.3, 0.4) is 0 Å². The van der Waals surface area contributed by atoms with Gasteiger partial charge in [0.2, 0.25) is 0 Å². The molecule has 0 N–H and O–H groups in total. The van der Waals surface area contributed by atoms with Crippen LogP contribution in [0.4, 0.5) is 0 Å². The summed E-state index contributed by atoms with van der Waals surface area (Å²) in [6.45, 7) is 4.00. The van der Waals surface area contributed by atoms with Gasteiger partial charge in [-0.15, -0.1) is 0 Å². The lowest BCUT2D eigenvalue weighted by Crippen LogP contribution is -2.23. The van der Waals surface area contributed by atoms with E-state index >= 15 is 0 Å². The first kappa shape index (κ1) is 9.84. The number of carbonyl (C=O) groups excluding carboxylic acids is 1. The minimum absolute atomic E-state index is 0.300. The van der Waals surface area contributed by atoms with Crippen LogP contribution >= 0.6 is 0 Å². The Kier molecular flexibility index (Phi) is 3.55. The van der Waals surface area contributed by atoms with Crippen LogP contribution in [0.15, 0.2) is 23.9 Å². The number of rotatable bonds is 2. The predicted molar refractivity (Wildman–Crippen MR) is 51.1 cm³/mol. The monoisotopic (exact) mass is 181 g/mol. The van der Waals surface area contributed by atoms with Crippen molar-refractivity contribution in [2.24, 2.45) is 0 Å². The second-order valence-electron chi connectivity index (χ2n) is 3.13. The van der Waals surface area contributed by atoms with Crippen molar-refractivity contribution in [1.82, 2.24) is 4.90 Å². The van der Waals surface area contributed by atoms with Gasteiger partial charge < -0.3 is 9.64 Å². The summed E-state index contributed by atoms with van der Waals surface area (Å²) >= 11 is 0. The highest BCUT2D eigenvalue weighted by molar-refractivity contribution is 5.81. The third-order valence-corrected chi connectivity index (χ3v) is 2.09. The van der Waals surface area contributed by atoms with Crippen molar-refractivity contribution in [2.45, 2.75) is 13.3 Å². The molecule has 0 radical (unpaired) electrons. The molecule has 1 aliphatic heterocycles. The quantitative estimate of drug-likeness (QED) is 0.365. The summed E-state index contributed by atoms with van der Waals surface area (Å²) in [4.78, 5) is 12.9. The van der Waals surface area contributed by atoms with Gasteiger partial charge >= 0.3 is 5.97 Å². The molecule has 0 aromatic carbocycles. The van der Waals surface area contributed by atoms with Gasteiger partial charge in [-0.2, -0.15) is 0 Å². The molecule has 0 saturated heterocycles. The van der Waals surface area contributed by atoms with Gasteiger partial charge in [-0.3, -0.25) is 0 Å².